The Morgan fingerprint density at radius 3 is 0.684 bits per heavy atom. The zero-order valence-electron chi connectivity index (χ0n) is 16.9. The maximum absolute atomic E-state index is 14.4. The van der Waals surface area contributed by atoms with Gasteiger partial charge < -0.3 is 9.47 Å². The molecule has 0 aliphatic rings. The van der Waals surface area contributed by atoms with Crippen molar-refractivity contribution in [2.75, 3.05) is 0 Å². The number of rotatable bonds is 6. The molecule has 0 saturated heterocycles. The third kappa shape index (κ3) is 4.47. The van der Waals surface area contributed by atoms with Gasteiger partial charge in [-0.05, 0) is 23.2 Å². The summed E-state index contributed by atoms with van der Waals surface area (Å²) in [6.07, 6.45) is 0. The van der Waals surface area contributed by atoms with E-state index in [-0.39, 0.29) is 0 Å². The third-order valence-corrected chi connectivity index (χ3v) is 4.81. The minimum absolute atomic E-state index is 2.01. The Bertz CT molecular complexity index is 1360. The van der Waals surface area contributed by atoms with Gasteiger partial charge in [0.25, 0.3) is 10.5 Å². The van der Waals surface area contributed by atoms with Gasteiger partial charge in [0.15, 0.2) is 23.3 Å². The van der Waals surface area contributed by atoms with Gasteiger partial charge in [-0.25, -0.2) is 17.6 Å². The normalized spacial score (nSPS) is 11.1. The molecule has 0 aliphatic carbocycles. The lowest BCUT2D eigenvalue weighted by Crippen LogP contribution is -2.11. The highest BCUT2D eigenvalue weighted by Crippen LogP contribution is 2.42. The molecule has 0 heterocycles. The van der Waals surface area contributed by atoms with Gasteiger partial charge in [-0.1, -0.05) is 0 Å². The first kappa shape index (κ1) is 28.9. The van der Waals surface area contributed by atoms with Gasteiger partial charge in [-0.2, -0.15) is 35.1 Å². The van der Waals surface area contributed by atoms with Crippen LogP contribution in [0.1, 0.15) is 20.7 Å². The number of benzene rings is 3. The zero-order valence-corrected chi connectivity index (χ0v) is 18.4. The lowest BCUT2D eigenvalue weighted by Gasteiger charge is -2.16. The second-order valence-corrected chi connectivity index (χ2v) is 7.27. The average Bonchev–Trinajstić information content (AvgIpc) is 2.84. The molecule has 0 spiro atoms. The van der Waals surface area contributed by atoms with Crippen molar-refractivity contribution in [3.05, 3.63) is 80.9 Å². The van der Waals surface area contributed by atoms with Gasteiger partial charge in [0, 0.05) is 0 Å². The van der Waals surface area contributed by atoms with E-state index in [4.69, 9.17) is 23.2 Å². The number of carbonyl (C=O) groups is 2. The fourth-order valence-electron chi connectivity index (χ4n) is 2.72. The Balaban J connectivity index is 2.19. The van der Waals surface area contributed by atoms with E-state index >= 15 is 0 Å². The molecular weight excluding hydrogens is 603 g/mol. The summed E-state index contributed by atoms with van der Waals surface area (Å²) in [5, 5.41) is -4.15. The summed E-state index contributed by atoms with van der Waals surface area (Å²) in [5.74, 6) is -41.8. The molecule has 3 aromatic rings. The maximum atomic E-state index is 14.4. The minimum Gasteiger partial charge on any atom is -0.444 e. The van der Waals surface area contributed by atoms with Gasteiger partial charge in [0.2, 0.25) is 69.5 Å². The summed E-state index contributed by atoms with van der Waals surface area (Å²) >= 11 is 9.52. The third-order valence-electron chi connectivity index (χ3n) is 4.43. The molecule has 0 aromatic heterocycles. The van der Waals surface area contributed by atoms with Crippen LogP contribution in [0, 0.1) is 69.8 Å². The molecule has 0 fully saturated rings. The van der Waals surface area contributed by atoms with Crippen molar-refractivity contribution in [3.8, 4) is 23.0 Å². The highest BCUT2D eigenvalue weighted by Gasteiger charge is 2.36. The molecule has 0 radical (unpaired) electrons. The van der Waals surface area contributed by atoms with Gasteiger partial charge in [-0.3, -0.25) is 9.59 Å². The van der Waals surface area contributed by atoms with Gasteiger partial charge >= 0.3 is 0 Å². The quantitative estimate of drug-likeness (QED) is 0.165. The van der Waals surface area contributed by atoms with E-state index < -0.39 is 114 Å². The largest absolute Gasteiger partial charge is 0.444 e. The molecule has 0 bridgehead atoms. The lowest BCUT2D eigenvalue weighted by molar-refractivity contribution is 0.106. The topological polar surface area (TPSA) is 52.6 Å². The summed E-state index contributed by atoms with van der Waals surface area (Å²) in [4.78, 5) is 21.9. The van der Waals surface area contributed by atoms with Crippen LogP contribution in [0.25, 0.3) is 0 Å². The first-order valence-corrected chi connectivity index (χ1v) is 9.63. The zero-order chi connectivity index (χ0) is 29.0. The smallest absolute Gasteiger partial charge is 0.258 e. The summed E-state index contributed by atoms with van der Waals surface area (Å²) in [7, 11) is 0. The van der Waals surface area contributed by atoms with Crippen LogP contribution in [0.15, 0.2) is 0 Å². The molecule has 0 aliphatic heterocycles. The van der Waals surface area contributed by atoms with E-state index in [1.54, 1.807) is 0 Å². The SMILES string of the molecule is O=C(Cl)c1c(F)c(F)c(Oc2c(F)c(F)c(Oc3c(F)c(F)c(C(=O)Cl)c(F)c3F)c(F)c2F)c(F)c1F. The van der Waals surface area contributed by atoms with Crippen molar-refractivity contribution < 1.29 is 71.7 Å². The Kier molecular flexibility index (Phi) is 7.79. The maximum Gasteiger partial charge on any atom is 0.258 e. The Hall–Kier alpha value is -3.66. The van der Waals surface area contributed by atoms with Crippen LogP contribution in [0.4, 0.5) is 52.7 Å². The van der Waals surface area contributed by atoms with Gasteiger partial charge in [0.05, 0.1) is 0 Å². The van der Waals surface area contributed by atoms with Crippen LogP contribution in [0.2, 0.25) is 0 Å². The molecule has 202 valence electrons. The van der Waals surface area contributed by atoms with Crippen LogP contribution in [0.5, 0.6) is 23.0 Å². The summed E-state index contributed by atoms with van der Waals surface area (Å²) in [6.45, 7) is 0. The molecule has 38 heavy (non-hydrogen) atoms. The predicted molar refractivity (Wildman–Crippen MR) is 99.3 cm³/mol. The number of halogens is 14. The van der Waals surface area contributed by atoms with E-state index in [0.717, 1.165) is 0 Å². The number of ether oxygens (including phenoxy) is 2. The minimum atomic E-state index is -2.83. The van der Waals surface area contributed by atoms with Crippen molar-refractivity contribution in [3.63, 3.8) is 0 Å². The fraction of sp³-hybridized carbons (Fsp3) is 0. The molecule has 18 heteroatoms. The van der Waals surface area contributed by atoms with Crippen molar-refractivity contribution in [2.24, 2.45) is 0 Å². The van der Waals surface area contributed by atoms with E-state index in [0.29, 0.717) is 0 Å². The van der Waals surface area contributed by atoms with Crippen LogP contribution in [-0.2, 0) is 0 Å². The second kappa shape index (κ2) is 10.2. The Labute approximate surface area is 209 Å². The molecule has 0 N–H and O–H groups in total. The molecular formula is C20Cl2F12O4. The first-order valence-electron chi connectivity index (χ1n) is 8.87. The Morgan fingerprint density at radius 2 is 0.526 bits per heavy atom. The second-order valence-electron chi connectivity index (χ2n) is 6.59. The van der Waals surface area contributed by atoms with Crippen molar-refractivity contribution in [1.82, 2.24) is 0 Å². The number of hydrogen-bond acceptors (Lipinski definition) is 4. The van der Waals surface area contributed by atoms with Gasteiger partial charge in [0.1, 0.15) is 11.1 Å². The lowest BCUT2D eigenvalue weighted by atomic mass is 10.1. The molecule has 4 nitrogen and oxygen atoms in total. The van der Waals surface area contributed by atoms with Crippen molar-refractivity contribution >= 4 is 33.7 Å². The van der Waals surface area contributed by atoms with Gasteiger partial charge in [-0.15, -0.1) is 0 Å². The first-order chi connectivity index (χ1) is 17.5. The van der Waals surface area contributed by atoms with E-state index in [1.807, 2.05) is 0 Å². The monoisotopic (exact) mass is 602 g/mol. The Morgan fingerprint density at radius 1 is 0.368 bits per heavy atom. The van der Waals surface area contributed by atoms with Crippen molar-refractivity contribution in [1.29, 1.82) is 0 Å². The van der Waals surface area contributed by atoms with Crippen LogP contribution < -0.4 is 9.47 Å². The molecule has 3 rings (SSSR count). The summed E-state index contributed by atoms with van der Waals surface area (Å²) in [6, 6.07) is 0. The fourth-order valence-corrected chi connectivity index (χ4v) is 3.05. The molecule has 0 saturated carbocycles. The molecule has 0 atom stereocenters. The average molecular weight is 603 g/mol. The molecule has 0 unspecified atom stereocenters. The van der Waals surface area contributed by atoms with Crippen LogP contribution in [0.3, 0.4) is 0 Å². The van der Waals surface area contributed by atoms with Crippen LogP contribution in [-0.4, -0.2) is 10.5 Å². The molecule has 0 amide bonds. The summed E-state index contributed by atoms with van der Waals surface area (Å²) in [5.41, 5.74) is -4.03. The number of hydrogen-bond donors (Lipinski definition) is 0. The highest BCUT2D eigenvalue weighted by atomic mass is 35.5. The standard InChI is InChI=1S/C20Cl2F12O4/c21-19(35)1-3(23)7(27)15(8(28)4(1)24)37-17-11(31)13(33)18(14(34)12(17)32)38-16-9(29)5(25)2(20(22)36)6(26)10(16)30. The van der Waals surface area contributed by atoms with Crippen molar-refractivity contribution in [2.45, 2.75) is 0 Å². The van der Waals surface area contributed by atoms with Crippen LogP contribution >= 0.6 is 23.2 Å². The predicted octanol–water partition coefficient (Wildman–Crippen LogP) is 7.70. The highest BCUT2D eigenvalue weighted by molar-refractivity contribution is 6.68. The molecule has 3 aromatic carbocycles. The van der Waals surface area contributed by atoms with E-state index in [9.17, 15) is 62.3 Å². The van der Waals surface area contributed by atoms with E-state index in [2.05, 4.69) is 9.47 Å². The number of carbonyl (C=O) groups excluding carboxylic acids is 2. The summed E-state index contributed by atoms with van der Waals surface area (Å²) < 4.78 is 177. The van der Waals surface area contributed by atoms with E-state index in [1.165, 1.54) is 0 Å².